The number of ether oxygens (including phenoxy) is 2. The number of carbonyl (C=O) groups excluding carboxylic acids is 3. The Morgan fingerprint density at radius 1 is 1.21 bits per heavy atom. The van der Waals surface area contributed by atoms with Gasteiger partial charge in [-0.05, 0) is 38.1 Å². The SMILES string of the molecule is CCOC(=O)C(OC(=O)c1ccc(Cl)cc1)C(C)=O. The van der Waals surface area contributed by atoms with E-state index in [1.807, 2.05) is 0 Å². The molecule has 1 rings (SSSR count). The summed E-state index contributed by atoms with van der Waals surface area (Å²) in [4.78, 5) is 34.5. The van der Waals surface area contributed by atoms with E-state index in [0.29, 0.717) is 5.02 Å². The molecule has 0 aliphatic rings. The van der Waals surface area contributed by atoms with Gasteiger partial charge in [0, 0.05) is 5.02 Å². The number of hydrogen-bond donors (Lipinski definition) is 0. The Morgan fingerprint density at radius 3 is 2.26 bits per heavy atom. The number of Topliss-reactive ketones (excluding diaryl/α,β-unsaturated/α-hetero) is 1. The number of ketones is 1. The van der Waals surface area contributed by atoms with Gasteiger partial charge in [-0.25, -0.2) is 9.59 Å². The van der Waals surface area contributed by atoms with Crippen LogP contribution in [0, 0.1) is 0 Å². The van der Waals surface area contributed by atoms with E-state index in [4.69, 9.17) is 16.3 Å². The summed E-state index contributed by atoms with van der Waals surface area (Å²) in [6, 6.07) is 5.89. The fourth-order valence-electron chi connectivity index (χ4n) is 1.28. The molecule has 0 heterocycles. The van der Waals surface area contributed by atoms with Crippen LogP contribution < -0.4 is 0 Å². The molecule has 0 radical (unpaired) electrons. The van der Waals surface area contributed by atoms with Crippen LogP contribution in [0.15, 0.2) is 24.3 Å². The molecule has 0 N–H and O–H groups in total. The highest BCUT2D eigenvalue weighted by molar-refractivity contribution is 6.30. The smallest absolute Gasteiger partial charge is 0.355 e. The van der Waals surface area contributed by atoms with Gasteiger partial charge < -0.3 is 9.47 Å². The first kappa shape index (κ1) is 15.2. The second-order valence-corrected chi connectivity index (χ2v) is 4.09. The molecule has 0 saturated heterocycles. The van der Waals surface area contributed by atoms with Crippen LogP contribution in [0.25, 0.3) is 0 Å². The first-order chi connectivity index (χ1) is 8.95. The van der Waals surface area contributed by atoms with Gasteiger partial charge in [-0.15, -0.1) is 0 Å². The molecular formula is C13H13ClO5. The predicted octanol–water partition coefficient (Wildman–Crippen LogP) is 2.02. The molecule has 0 aliphatic heterocycles. The second kappa shape index (κ2) is 6.89. The van der Waals surface area contributed by atoms with Crippen molar-refractivity contribution in [1.82, 2.24) is 0 Å². The van der Waals surface area contributed by atoms with Gasteiger partial charge in [-0.3, -0.25) is 4.79 Å². The van der Waals surface area contributed by atoms with Crippen LogP contribution in [-0.2, 0) is 19.1 Å². The lowest BCUT2D eigenvalue weighted by Gasteiger charge is -2.13. The normalized spacial score (nSPS) is 11.5. The summed E-state index contributed by atoms with van der Waals surface area (Å²) in [5.41, 5.74) is 0.194. The summed E-state index contributed by atoms with van der Waals surface area (Å²) in [7, 11) is 0. The maximum absolute atomic E-state index is 11.8. The van der Waals surface area contributed by atoms with Gasteiger partial charge in [-0.2, -0.15) is 0 Å². The van der Waals surface area contributed by atoms with Crippen molar-refractivity contribution in [3.05, 3.63) is 34.9 Å². The molecule has 1 aromatic rings. The average Bonchev–Trinajstić information content (AvgIpc) is 2.36. The highest BCUT2D eigenvalue weighted by atomic mass is 35.5. The summed E-state index contributed by atoms with van der Waals surface area (Å²) >= 11 is 5.68. The number of halogens is 1. The Balaban J connectivity index is 2.79. The molecule has 1 aromatic carbocycles. The average molecular weight is 285 g/mol. The van der Waals surface area contributed by atoms with E-state index < -0.39 is 23.8 Å². The van der Waals surface area contributed by atoms with Gasteiger partial charge in [-0.1, -0.05) is 11.6 Å². The third-order valence-electron chi connectivity index (χ3n) is 2.17. The Morgan fingerprint density at radius 2 is 1.79 bits per heavy atom. The van der Waals surface area contributed by atoms with E-state index >= 15 is 0 Å². The van der Waals surface area contributed by atoms with Gasteiger partial charge in [0.25, 0.3) is 6.10 Å². The van der Waals surface area contributed by atoms with E-state index in [2.05, 4.69) is 4.74 Å². The van der Waals surface area contributed by atoms with Crippen LogP contribution >= 0.6 is 11.6 Å². The summed E-state index contributed by atoms with van der Waals surface area (Å²) in [6.07, 6.45) is -1.54. The van der Waals surface area contributed by atoms with Gasteiger partial charge in [0.1, 0.15) is 0 Å². The highest BCUT2D eigenvalue weighted by Crippen LogP contribution is 2.12. The van der Waals surface area contributed by atoms with Gasteiger partial charge in [0.05, 0.1) is 12.2 Å². The third-order valence-corrected chi connectivity index (χ3v) is 2.43. The minimum absolute atomic E-state index is 0.0983. The van der Waals surface area contributed by atoms with Crippen molar-refractivity contribution in [2.75, 3.05) is 6.61 Å². The van der Waals surface area contributed by atoms with E-state index in [9.17, 15) is 14.4 Å². The lowest BCUT2D eigenvalue weighted by Crippen LogP contribution is -2.35. The summed E-state index contributed by atoms with van der Waals surface area (Å²) in [5.74, 6) is -2.26. The lowest BCUT2D eigenvalue weighted by molar-refractivity contribution is -0.157. The number of hydrogen-bond acceptors (Lipinski definition) is 5. The largest absolute Gasteiger partial charge is 0.463 e. The van der Waals surface area contributed by atoms with Gasteiger partial charge in [0.2, 0.25) is 0 Å². The van der Waals surface area contributed by atoms with E-state index in [1.165, 1.54) is 24.3 Å². The molecule has 0 aliphatic carbocycles. The number of carbonyl (C=O) groups is 3. The molecule has 5 nitrogen and oxygen atoms in total. The first-order valence-corrected chi connectivity index (χ1v) is 5.97. The zero-order chi connectivity index (χ0) is 14.4. The molecule has 0 spiro atoms. The van der Waals surface area contributed by atoms with Crippen molar-refractivity contribution in [3.63, 3.8) is 0 Å². The first-order valence-electron chi connectivity index (χ1n) is 5.59. The van der Waals surface area contributed by atoms with Crippen molar-refractivity contribution in [1.29, 1.82) is 0 Å². The molecule has 0 aromatic heterocycles. The third kappa shape index (κ3) is 4.37. The number of esters is 2. The van der Waals surface area contributed by atoms with Crippen molar-refractivity contribution >= 4 is 29.3 Å². The fourth-order valence-corrected chi connectivity index (χ4v) is 1.40. The fraction of sp³-hybridized carbons (Fsp3) is 0.308. The van der Waals surface area contributed by atoms with Crippen molar-refractivity contribution in [2.45, 2.75) is 20.0 Å². The number of benzene rings is 1. The molecule has 102 valence electrons. The molecule has 0 fully saturated rings. The minimum Gasteiger partial charge on any atom is -0.463 e. The molecule has 0 bridgehead atoms. The Hall–Kier alpha value is -1.88. The van der Waals surface area contributed by atoms with Gasteiger partial charge in [0.15, 0.2) is 5.78 Å². The van der Waals surface area contributed by atoms with Crippen molar-refractivity contribution in [2.24, 2.45) is 0 Å². The van der Waals surface area contributed by atoms with Crippen LogP contribution in [0.2, 0.25) is 5.02 Å². The Kier molecular flexibility index (Phi) is 5.51. The summed E-state index contributed by atoms with van der Waals surface area (Å²) < 4.78 is 9.51. The Labute approximate surface area is 115 Å². The standard InChI is InChI=1S/C13H13ClO5/c1-3-18-13(17)11(8(2)15)19-12(16)9-4-6-10(14)7-5-9/h4-7,11H,3H2,1-2H3. The zero-order valence-corrected chi connectivity index (χ0v) is 11.3. The van der Waals surface area contributed by atoms with Crippen LogP contribution in [0.3, 0.4) is 0 Å². The molecule has 1 unspecified atom stereocenters. The quantitative estimate of drug-likeness (QED) is 0.611. The Bertz CT molecular complexity index is 480. The van der Waals surface area contributed by atoms with Crippen molar-refractivity contribution in [3.8, 4) is 0 Å². The molecule has 0 amide bonds. The highest BCUT2D eigenvalue weighted by Gasteiger charge is 2.29. The second-order valence-electron chi connectivity index (χ2n) is 3.65. The van der Waals surface area contributed by atoms with Gasteiger partial charge >= 0.3 is 11.9 Å². The monoisotopic (exact) mass is 284 g/mol. The molecule has 0 saturated carbocycles. The van der Waals surface area contributed by atoms with Crippen LogP contribution in [0.1, 0.15) is 24.2 Å². The minimum atomic E-state index is -1.54. The van der Waals surface area contributed by atoms with E-state index in [1.54, 1.807) is 6.92 Å². The predicted molar refractivity (Wildman–Crippen MR) is 68.0 cm³/mol. The van der Waals surface area contributed by atoms with Crippen LogP contribution in [0.5, 0.6) is 0 Å². The summed E-state index contributed by atoms with van der Waals surface area (Å²) in [5, 5.41) is 0.463. The van der Waals surface area contributed by atoms with E-state index in [0.717, 1.165) is 6.92 Å². The molecule has 6 heteroatoms. The maximum Gasteiger partial charge on any atom is 0.355 e. The zero-order valence-electron chi connectivity index (χ0n) is 10.5. The van der Waals surface area contributed by atoms with Crippen LogP contribution in [0.4, 0.5) is 0 Å². The topological polar surface area (TPSA) is 69.7 Å². The lowest BCUT2D eigenvalue weighted by atomic mass is 10.2. The van der Waals surface area contributed by atoms with Crippen molar-refractivity contribution < 1.29 is 23.9 Å². The summed E-state index contributed by atoms with van der Waals surface area (Å²) in [6.45, 7) is 2.84. The molecular weight excluding hydrogens is 272 g/mol. The van der Waals surface area contributed by atoms with Crippen LogP contribution in [-0.4, -0.2) is 30.4 Å². The van der Waals surface area contributed by atoms with E-state index in [-0.39, 0.29) is 12.2 Å². The number of rotatable bonds is 5. The molecule has 19 heavy (non-hydrogen) atoms. The molecule has 1 atom stereocenters. The maximum atomic E-state index is 11.8.